The van der Waals surface area contributed by atoms with Gasteiger partial charge in [0.1, 0.15) is 0 Å². The topological polar surface area (TPSA) is 18.5 Å². The molecule has 3 unspecified atom stereocenters. The molecule has 0 spiro atoms. The Kier molecular flexibility index (Phi) is 2.14. The van der Waals surface area contributed by atoms with Crippen LogP contribution in [-0.4, -0.2) is 24.9 Å². The highest BCUT2D eigenvalue weighted by atomic mass is 16.6. The first-order valence-electron chi connectivity index (χ1n) is 4.63. The molecule has 64 valence electrons. The summed E-state index contributed by atoms with van der Waals surface area (Å²) in [7, 11) is 0. The number of rotatable bonds is 1. The van der Waals surface area contributed by atoms with E-state index >= 15 is 0 Å². The summed E-state index contributed by atoms with van der Waals surface area (Å²) < 4.78 is 11.3. The van der Waals surface area contributed by atoms with Crippen molar-refractivity contribution in [2.24, 2.45) is 0 Å². The number of ether oxygens (including phenoxy) is 2. The lowest BCUT2D eigenvalue weighted by atomic mass is 10.1. The Morgan fingerprint density at radius 3 is 2.55 bits per heavy atom. The summed E-state index contributed by atoms with van der Waals surface area (Å²) in [6.07, 6.45) is 6.13. The normalized spacial score (nSPS) is 45.0. The minimum absolute atomic E-state index is 0.410. The zero-order valence-corrected chi connectivity index (χ0v) is 7.08. The van der Waals surface area contributed by atoms with Crippen LogP contribution in [0.1, 0.15) is 32.6 Å². The fourth-order valence-electron chi connectivity index (χ4n) is 2.00. The van der Waals surface area contributed by atoms with Crippen LogP contribution < -0.4 is 0 Å². The molecule has 0 aromatic heterocycles. The van der Waals surface area contributed by atoms with Crippen LogP contribution in [0.25, 0.3) is 0 Å². The molecule has 0 saturated carbocycles. The smallest absolute Gasteiger partial charge is 0.0841 e. The quantitative estimate of drug-likeness (QED) is 0.575. The fourth-order valence-corrected chi connectivity index (χ4v) is 2.00. The van der Waals surface area contributed by atoms with Gasteiger partial charge >= 0.3 is 0 Å². The number of hydrogen-bond acceptors (Lipinski definition) is 2. The van der Waals surface area contributed by atoms with E-state index in [0.717, 1.165) is 6.61 Å². The molecule has 2 saturated heterocycles. The van der Waals surface area contributed by atoms with Crippen molar-refractivity contribution in [3.05, 3.63) is 0 Å². The van der Waals surface area contributed by atoms with Crippen molar-refractivity contribution < 1.29 is 9.47 Å². The minimum Gasteiger partial charge on any atom is -0.376 e. The van der Waals surface area contributed by atoms with Crippen LogP contribution in [0.3, 0.4) is 0 Å². The van der Waals surface area contributed by atoms with Crippen molar-refractivity contribution in [2.45, 2.75) is 50.9 Å². The monoisotopic (exact) mass is 156 g/mol. The first kappa shape index (κ1) is 7.56. The van der Waals surface area contributed by atoms with Gasteiger partial charge in [0.25, 0.3) is 0 Å². The van der Waals surface area contributed by atoms with Crippen molar-refractivity contribution >= 4 is 0 Å². The summed E-state index contributed by atoms with van der Waals surface area (Å²) >= 11 is 0. The molecule has 0 bridgehead atoms. The van der Waals surface area contributed by atoms with E-state index in [1.807, 2.05) is 0 Å². The van der Waals surface area contributed by atoms with E-state index in [4.69, 9.17) is 9.47 Å². The predicted molar refractivity (Wildman–Crippen MR) is 42.5 cm³/mol. The van der Waals surface area contributed by atoms with Crippen molar-refractivity contribution in [3.63, 3.8) is 0 Å². The third-order valence-electron chi connectivity index (χ3n) is 2.64. The van der Waals surface area contributed by atoms with Crippen LogP contribution in [-0.2, 0) is 9.47 Å². The van der Waals surface area contributed by atoms with Crippen molar-refractivity contribution in [3.8, 4) is 0 Å². The third-order valence-corrected chi connectivity index (χ3v) is 2.64. The van der Waals surface area contributed by atoms with Crippen molar-refractivity contribution in [1.29, 1.82) is 0 Å². The highest BCUT2D eigenvalue weighted by molar-refractivity contribution is 4.80. The molecule has 0 aromatic carbocycles. The summed E-state index contributed by atoms with van der Waals surface area (Å²) in [6, 6.07) is 0. The summed E-state index contributed by atoms with van der Waals surface area (Å²) in [4.78, 5) is 0. The van der Waals surface area contributed by atoms with Gasteiger partial charge in [0.15, 0.2) is 0 Å². The van der Waals surface area contributed by atoms with Gasteiger partial charge in [0.2, 0.25) is 0 Å². The Hall–Kier alpha value is -0.0800. The minimum atomic E-state index is 0.410. The van der Waals surface area contributed by atoms with E-state index in [2.05, 4.69) is 6.92 Å². The second kappa shape index (κ2) is 3.11. The molecule has 2 nitrogen and oxygen atoms in total. The summed E-state index contributed by atoms with van der Waals surface area (Å²) in [5, 5.41) is 0. The molecule has 2 heterocycles. The van der Waals surface area contributed by atoms with E-state index < -0.39 is 0 Å². The van der Waals surface area contributed by atoms with Crippen LogP contribution in [0.2, 0.25) is 0 Å². The Labute approximate surface area is 67.9 Å². The first-order chi connectivity index (χ1) is 5.36. The molecule has 2 aliphatic heterocycles. The van der Waals surface area contributed by atoms with Gasteiger partial charge in [-0.05, 0) is 32.6 Å². The molecule has 2 aliphatic rings. The van der Waals surface area contributed by atoms with Gasteiger partial charge in [-0.2, -0.15) is 0 Å². The highest BCUT2D eigenvalue weighted by Gasteiger charge is 2.31. The molecule has 2 heteroatoms. The molecule has 0 amide bonds. The van der Waals surface area contributed by atoms with Crippen molar-refractivity contribution in [1.82, 2.24) is 0 Å². The average Bonchev–Trinajstić information content (AvgIpc) is 2.55. The Morgan fingerprint density at radius 1 is 1.09 bits per heavy atom. The number of hydrogen-bond donors (Lipinski definition) is 0. The molecule has 0 radical (unpaired) electrons. The van der Waals surface area contributed by atoms with Crippen LogP contribution >= 0.6 is 0 Å². The maximum atomic E-state index is 5.72. The van der Waals surface area contributed by atoms with E-state index in [0.29, 0.717) is 18.3 Å². The Balaban J connectivity index is 1.85. The Morgan fingerprint density at radius 2 is 2.00 bits per heavy atom. The van der Waals surface area contributed by atoms with Gasteiger partial charge in [0, 0.05) is 6.61 Å². The van der Waals surface area contributed by atoms with E-state index in [-0.39, 0.29) is 0 Å². The molecule has 11 heavy (non-hydrogen) atoms. The van der Waals surface area contributed by atoms with Crippen LogP contribution in [0.5, 0.6) is 0 Å². The van der Waals surface area contributed by atoms with Gasteiger partial charge in [-0.1, -0.05) is 0 Å². The molecular weight excluding hydrogens is 140 g/mol. The van der Waals surface area contributed by atoms with Crippen LogP contribution in [0.4, 0.5) is 0 Å². The molecule has 0 aromatic rings. The lowest BCUT2D eigenvalue weighted by molar-refractivity contribution is -0.0398. The summed E-state index contributed by atoms with van der Waals surface area (Å²) in [5.41, 5.74) is 0. The van der Waals surface area contributed by atoms with Crippen LogP contribution in [0.15, 0.2) is 0 Å². The molecular formula is C9H16O2. The van der Waals surface area contributed by atoms with Gasteiger partial charge in [-0.25, -0.2) is 0 Å². The maximum Gasteiger partial charge on any atom is 0.0841 e. The lowest BCUT2D eigenvalue weighted by Gasteiger charge is -2.17. The second-order valence-electron chi connectivity index (χ2n) is 3.61. The predicted octanol–water partition coefficient (Wildman–Crippen LogP) is 1.73. The molecule has 2 fully saturated rings. The lowest BCUT2D eigenvalue weighted by Crippen LogP contribution is -2.25. The average molecular weight is 156 g/mol. The molecule has 2 rings (SSSR count). The molecule has 0 N–H and O–H groups in total. The van der Waals surface area contributed by atoms with Gasteiger partial charge in [-0.3, -0.25) is 0 Å². The largest absolute Gasteiger partial charge is 0.376 e. The standard InChI is InChI=1S/C9H16O2/c1-7-4-5-9(11-7)8-3-2-6-10-8/h7-9H,2-6H2,1H3. The maximum absolute atomic E-state index is 5.72. The fraction of sp³-hybridized carbons (Fsp3) is 1.00. The third kappa shape index (κ3) is 1.57. The second-order valence-corrected chi connectivity index (χ2v) is 3.61. The van der Waals surface area contributed by atoms with Gasteiger partial charge < -0.3 is 9.47 Å². The SMILES string of the molecule is CC1CCC(C2CCCO2)O1. The highest BCUT2D eigenvalue weighted by Crippen LogP contribution is 2.28. The zero-order valence-electron chi connectivity index (χ0n) is 7.08. The van der Waals surface area contributed by atoms with Gasteiger partial charge in [0.05, 0.1) is 18.3 Å². The van der Waals surface area contributed by atoms with E-state index in [1.165, 1.54) is 25.7 Å². The van der Waals surface area contributed by atoms with Crippen LogP contribution in [0, 0.1) is 0 Å². The summed E-state index contributed by atoms with van der Waals surface area (Å²) in [6.45, 7) is 3.09. The summed E-state index contributed by atoms with van der Waals surface area (Å²) in [5.74, 6) is 0. The molecule has 3 atom stereocenters. The molecule has 0 aliphatic carbocycles. The zero-order chi connectivity index (χ0) is 7.68. The first-order valence-corrected chi connectivity index (χ1v) is 4.63. The van der Waals surface area contributed by atoms with E-state index in [9.17, 15) is 0 Å². The van der Waals surface area contributed by atoms with E-state index in [1.54, 1.807) is 0 Å². The van der Waals surface area contributed by atoms with Crippen molar-refractivity contribution in [2.75, 3.05) is 6.61 Å². The van der Waals surface area contributed by atoms with Gasteiger partial charge in [-0.15, -0.1) is 0 Å². The Bertz CT molecular complexity index is 130.